The number of allylic oxidation sites excluding steroid dienone is 4. The summed E-state index contributed by atoms with van der Waals surface area (Å²) in [6, 6.07) is 0. The largest absolute Gasteiger partial charge is 0.0990 e. The van der Waals surface area contributed by atoms with Crippen molar-refractivity contribution in [3.63, 3.8) is 0 Å². The third-order valence-electron chi connectivity index (χ3n) is 1.35. The van der Waals surface area contributed by atoms with Gasteiger partial charge >= 0.3 is 0 Å². The van der Waals surface area contributed by atoms with Crippen LogP contribution in [-0.4, -0.2) is 0 Å². The Morgan fingerprint density at radius 3 is 2.25 bits per heavy atom. The van der Waals surface area contributed by atoms with E-state index >= 15 is 0 Å². The zero-order valence-corrected chi connectivity index (χ0v) is 9.74. The van der Waals surface area contributed by atoms with Crippen LogP contribution in [0.15, 0.2) is 35.4 Å². The van der Waals surface area contributed by atoms with Crippen molar-refractivity contribution in [2.45, 2.75) is 27.2 Å². The second-order valence-electron chi connectivity index (χ2n) is 4.09. The average Bonchev–Trinajstić information content (AvgIpc) is 1.84. The highest BCUT2D eigenvalue weighted by molar-refractivity contribution is 9.12. The zero-order chi connectivity index (χ0) is 9.78. The Labute approximate surface area is 84.2 Å². The SMILES string of the molecule is C=C/C=C(/Br)C(=C)CC(C)(C)C. The highest BCUT2D eigenvalue weighted by Crippen LogP contribution is 2.29. The third-order valence-corrected chi connectivity index (χ3v) is 2.17. The molecule has 0 saturated carbocycles. The molecule has 0 aromatic rings. The van der Waals surface area contributed by atoms with Crippen LogP contribution in [0.5, 0.6) is 0 Å². The second-order valence-corrected chi connectivity index (χ2v) is 4.95. The Morgan fingerprint density at radius 2 is 1.92 bits per heavy atom. The van der Waals surface area contributed by atoms with Crippen LogP contribution in [0.4, 0.5) is 0 Å². The lowest BCUT2D eigenvalue weighted by molar-refractivity contribution is 0.413. The summed E-state index contributed by atoms with van der Waals surface area (Å²) in [5.74, 6) is 0. The molecular formula is C11H17Br. The van der Waals surface area contributed by atoms with Crippen molar-refractivity contribution < 1.29 is 0 Å². The molecule has 0 spiro atoms. The van der Waals surface area contributed by atoms with Crippen LogP contribution in [0.3, 0.4) is 0 Å². The van der Waals surface area contributed by atoms with Crippen LogP contribution in [0.2, 0.25) is 0 Å². The van der Waals surface area contributed by atoms with Gasteiger partial charge in [0.15, 0.2) is 0 Å². The van der Waals surface area contributed by atoms with Gasteiger partial charge in [0.2, 0.25) is 0 Å². The molecule has 0 nitrogen and oxygen atoms in total. The molecular weight excluding hydrogens is 212 g/mol. The van der Waals surface area contributed by atoms with Gasteiger partial charge < -0.3 is 0 Å². The van der Waals surface area contributed by atoms with Gasteiger partial charge in [-0.1, -0.05) is 55.9 Å². The fraction of sp³-hybridized carbons (Fsp3) is 0.455. The Kier molecular flexibility index (Phi) is 4.54. The van der Waals surface area contributed by atoms with E-state index in [0.717, 1.165) is 16.5 Å². The first kappa shape index (κ1) is 11.7. The molecule has 0 heterocycles. The van der Waals surface area contributed by atoms with Crippen molar-refractivity contribution in [1.29, 1.82) is 0 Å². The molecule has 0 amide bonds. The van der Waals surface area contributed by atoms with Crippen LogP contribution >= 0.6 is 15.9 Å². The fourth-order valence-corrected chi connectivity index (χ4v) is 1.27. The van der Waals surface area contributed by atoms with Gasteiger partial charge in [-0.3, -0.25) is 0 Å². The summed E-state index contributed by atoms with van der Waals surface area (Å²) < 4.78 is 1.05. The van der Waals surface area contributed by atoms with E-state index < -0.39 is 0 Å². The van der Waals surface area contributed by atoms with Crippen molar-refractivity contribution >= 4 is 15.9 Å². The monoisotopic (exact) mass is 228 g/mol. The van der Waals surface area contributed by atoms with Gasteiger partial charge in [0.25, 0.3) is 0 Å². The maximum absolute atomic E-state index is 4.00. The predicted octanol–water partition coefficient (Wildman–Crippen LogP) is 4.44. The fourth-order valence-electron chi connectivity index (χ4n) is 0.946. The minimum Gasteiger partial charge on any atom is -0.0990 e. The first-order chi connectivity index (χ1) is 5.37. The maximum atomic E-state index is 4.00. The molecule has 0 bridgehead atoms. The molecule has 0 aliphatic carbocycles. The first-order valence-corrected chi connectivity index (χ1v) is 4.82. The lowest BCUT2D eigenvalue weighted by atomic mass is 9.88. The summed E-state index contributed by atoms with van der Waals surface area (Å²) >= 11 is 3.45. The first-order valence-electron chi connectivity index (χ1n) is 4.03. The van der Waals surface area contributed by atoms with Gasteiger partial charge in [0.1, 0.15) is 0 Å². The van der Waals surface area contributed by atoms with E-state index in [0.29, 0.717) is 5.41 Å². The number of hydrogen-bond donors (Lipinski definition) is 0. The van der Waals surface area contributed by atoms with Gasteiger partial charge in [0, 0.05) is 4.48 Å². The molecule has 1 heteroatoms. The number of hydrogen-bond acceptors (Lipinski definition) is 0. The van der Waals surface area contributed by atoms with E-state index in [2.05, 4.69) is 49.9 Å². The number of halogens is 1. The van der Waals surface area contributed by atoms with E-state index in [1.807, 2.05) is 6.08 Å². The summed E-state index contributed by atoms with van der Waals surface area (Å²) in [7, 11) is 0. The summed E-state index contributed by atoms with van der Waals surface area (Å²) in [5.41, 5.74) is 1.42. The molecule has 0 fully saturated rings. The quantitative estimate of drug-likeness (QED) is 0.627. The minimum absolute atomic E-state index is 0.297. The molecule has 0 aliphatic rings. The van der Waals surface area contributed by atoms with Crippen LogP contribution in [0.1, 0.15) is 27.2 Å². The summed E-state index contributed by atoms with van der Waals surface area (Å²) in [6.07, 6.45) is 4.68. The Hall–Kier alpha value is -0.300. The van der Waals surface area contributed by atoms with Gasteiger partial charge in [-0.2, -0.15) is 0 Å². The minimum atomic E-state index is 0.297. The Bertz CT molecular complexity index is 204. The molecule has 0 radical (unpaired) electrons. The maximum Gasteiger partial charge on any atom is 0.0201 e. The molecule has 0 aliphatic heterocycles. The molecule has 0 unspecified atom stereocenters. The second kappa shape index (κ2) is 4.66. The molecule has 12 heavy (non-hydrogen) atoms. The van der Waals surface area contributed by atoms with Crippen LogP contribution in [-0.2, 0) is 0 Å². The van der Waals surface area contributed by atoms with Crippen LogP contribution in [0, 0.1) is 5.41 Å². The Balaban J connectivity index is 4.24. The zero-order valence-electron chi connectivity index (χ0n) is 8.15. The lowest BCUT2D eigenvalue weighted by Gasteiger charge is -2.19. The van der Waals surface area contributed by atoms with E-state index in [1.54, 1.807) is 6.08 Å². The average molecular weight is 229 g/mol. The highest BCUT2D eigenvalue weighted by atomic mass is 79.9. The van der Waals surface area contributed by atoms with Gasteiger partial charge in [-0.25, -0.2) is 0 Å². The summed E-state index contributed by atoms with van der Waals surface area (Å²) in [4.78, 5) is 0. The topological polar surface area (TPSA) is 0 Å². The highest BCUT2D eigenvalue weighted by Gasteiger charge is 2.12. The predicted molar refractivity (Wildman–Crippen MR) is 60.4 cm³/mol. The van der Waals surface area contributed by atoms with Gasteiger partial charge in [0.05, 0.1) is 0 Å². The van der Waals surface area contributed by atoms with Crippen LogP contribution in [0.25, 0.3) is 0 Å². The molecule has 0 atom stereocenters. The molecule has 0 rings (SSSR count). The summed E-state index contributed by atoms with van der Waals surface area (Å²) in [5, 5.41) is 0. The van der Waals surface area contributed by atoms with Gasteiger partial charge in [-0.05, 0) is 23.5 Å². The van der Waals surface area contributed by atoms with E-state index in [4.69, 9.17) is 0 Å². The number of rotatable bonds is 3. The summed E-state index contributed by atoms with van der Waals surface area (Å²) in [6.45, 7) is 14.2. The lowest BCUT2D eigenvalue weighted by Crippen LogP contribution is -2.05. The van der Waals surface area contributed by atoms with Crippen molar-refractivity contribution in [3.05, 3.63) is 35.4 Å². The van der Waals surface area contributed by atoms with E-state index in [-0.39, 0.29) is 0 Å². The standard InChI is InChI=1S/C11H17Br/c1-6-7-10(12)9(2)8-11(3,4)5/h6-7H,1-2,8H2,3-5H3/b10-7+. The third kappa shape index (κ3) is 5.36. The molecule has 0 aromatic carbocycles. The molecule has 68 valence electrons. The van der Waals surface area contributed by atoms with Crippen molar-refractivity contribution in [1.82, 2.24) is 0 Å². The molecule has 0 aromatic heterocycles. The van der Waals surface area contributed by atoms with E-state index in [9.17, 15) is 0 Å². The molecule has 0 saturated heterocycles. The Morgan fingerprint density at radius 1 is 1.42 bits per heavy atom. The van der Waals surface area contributed by atoms with Crippen LogP contribution < -0.4 is 0 Å². The van der Waals surface area contributed by atoms with Gasteiger partial charge in [-0.15, -0.1) is 0 Å². The van der Waals surface area contributed by atoms with Crippen molar-refractivity contribution in [2.24, 2.45) is 5.41 Å². The molecule has 0 N–H and O–H groups in total. The van der Waals surface area contributed by atoms with Crippen molar-refractivity contribution in [2.75, 3.05) is 0 Å². The normalized spacial score (nSPS) is 12.8. The smallest absolute Gasteiger partial charge is 0.0201 e. The van der Waals surface area contributed by atoms with Crippen molar-refractivity contribution in [3.8, 4) is 0 Å². The van der Waals surface area contributed by atoms with E-state index in [1.165, 1.54) is 0 Å².